The van der Waals surface area contributed by atoms with Crippen molar-refractivity contribution >= 4 is 50.7 Å². The van der Waals surface area contributed by atoms with E-state index in [2.05, 4.69) is 15.9 Å². The van der Waals surface area contributed by atoms with Crippen molar-refractivity contribution in [2.24, 2.45) is 0 Å². The molecule has 0 fully saturated rings. The Morgan fingerprint density at radius 2 is 1.85 bits per heavy atom. The number of rotatable bonds is 3. The molecule has 0 aliphatic heterocycles. The van der Waals surface area contributed by atoms with Crippen molar-refractivity contribution in [1.29, 1.82) is 0 Å². The van der Waals surface area contributed by atoms with Gasteiger partial charge in [-0.25, -0.2) is 4.39 Å². The third kappa shape index (κ3) is 3.06. The zero-order chi connectivity index (χ0) is 14.9. The Hall–Kier alpha value is -0.480. The largest absolute Gasteiger partial charge is 0.495 e. The highest BCUT2D eigenvalue weighted by Crippen LogP contribution is 2.40. The van der Waals surface area contributed by atoms with Crippen LogP contribution in [0.15, 0.2) is 34.8 Å². The molecule has 1 atom stereocenters. The number of methoxy groups -OCH3 is 1. The van der Waals surface area contributed by atoms with Crippen LogP contribution in [0.25, 0.3) is 0 Å². The first-order valence-electron chi connectivity index (χ1n) is 5.56. The van der Waals surface area contributed by atoms with Crippen LogP contribution in [0, 0.1) is 5.82 Å². The van der Waals surface area contributed by atoms with Gasteiger partial charge < -0.3 is 4.74 Å². The minimum absolute atomic E-state index is 0.323. The summed E-state index contributed by atoms with van der Waals surface area (Å²) >= 11 is 21.7. The smallest absolute Gasteiger partial charge is 0.142 e. The Kier molecular flexibility index (Phi) is 5.19. The summed E-state index contributed by atoms with van der Waals surface area (Å²) in [7, 11) is 1.49. The van der Waals surface area contributed by atoms with Gasteiger partial charge in [0.15, 0.2) is 0 Å². The number of halogens is 5. The van der Waals surface area contributed by atoms with Gasteiger partial charge in [-0.05, 0) is 33.6 Å². The summed E-state index contributed by atoms with van der Waals surface area (Å²) in [4.78, 5) is 0. The van der Waals surface area contributed by atoms with E-state index >= 15 is 0 Å². The monoisotopic (exact) mass is 396 g/mol. The molecule has 0 saturated carbocycles. The number of benzene rings is 2. The molecule has 2 aromatic rings. The molecule has 0 saturated heterocycles. The second kappa shape index (κ2) is 6.52. The summed E-state index contributed by atoms with van der Waals surface area (Å²) in [5, 5.41) is -0.0120. The highest BCUT2D eigenvalue weighted by Gasteiger charge is 2.21. The fourth-order valence-corrected chi connectivity index (χ4v) is 3.08. The van der Waals surface area contributed by atoms with E-state index in [1.807, 2.05) is 0 Å². The number of ether oxygens (including phenoxy) is 1. The Bertz CT molecular complexity index is 649. The quantitative estimate of drug-likeness (QED) is 0.557. The molecule has 0 aliphatic carbocycles. The maximum atomic E-state index is 14.1. The molecule has 0 bridgehead atoms. The molecule has 0 N–H and O–H groups in total. The van der Waals surface area contributed by atoms with Crippen molar-refractivity contribution in [3.63, 3.8) is 0 Å². The Morgan fingerprint density at radius 1 is 1.15 bits per heavy atom. The van der Waals surface area contributed by atoms with Gasteiger partial charge in [0.1, 0.15) is 11.6 Å². The first-order chi connectivity index (χ1) is 9.45. The predicted octanol–water partition coefficient (Wildman–Crippen LogP) is 6.23. The molecule has 2 aromatic carbocycles. The van der Waals surface area contributed by atoms with Gasteiger partial charge in [0, 0.05) is 16.7 Å². The number of alkyl halides is 1. The van der Waals surface area contributed by atoms with E-state index in [9.17, 15) is 4.39 Å². The van der Waals surface area contributed by atoms with E-state index in [1.54, 1.807) is 30.3 Å². The summed E-state index contributed by atoms with van der Waals surface area (Å²) in [5.41, 5.74) is 0.848. The van der Waals surface area contributed by atoms with E-state index in [0.717, 1.165) is 0 Å². The van der Waals surface area contributed by atoms with Crippen molar-refractivity contribution in [2.45, 2.75) is 5.38 Å². The topological polar surface area (TPSA) is 9.23 Å². The average molecular weight is 398 g/mol. The molecule has 20 heavy (non-hydrogen) atoms. The number of hydrogen-bond donors (Lipinski definition) is 0. The molecule has 0 aromatic heterocycles. The van der Waals surface area contributed by atoms with Gasteiger partial charge >= 0.3 is 0 Å². The molecular weight excluding hydrogens is 389 g/mol. The summed E-state index contributed by atoms with van der Waals surface area (Å²) in [5.74, 6) is 0.0227. The van der Waals surface area contributed by atoms with Crippen molar-refractivity contribution < 1.29 is 9.13 Å². The van der Waals surface area contributed by atoms with Crippen LogP contribution in [0.3, 0.4) is 0 Å². The van der Waals surface area contributed by atoms with Gasteiger partial charge in [0.2, 0.25) is 0 Å². The maximum Gasteiger partial charge on any atom is 0.142 e. The zero-order valence-electron chi connectivity index (χ0n) is 10.3. The van der Waals surface area contributed by atoms with Gasteiger partial charge in [0.25, 0.3) is 0 Å². The van der Waals surface area contributed by atoms with Crippen molar-refractivity contribution in [2.75, 3.05) is 7.11 Å². The molecule has 1 nitrogen and oxygen atoms in total. The lowest BCUT2D eigenvalue weighted by molar-refractivity contribution is 0.415. The standard InChI is InChI=1S/C14H9BrCl3FO/c1-20-12-6-10(16)8(5-11(12)17)13(18)7-3-2-4-9(15)14(7)19/h2-6,13H,1H3. The van der Waals surface area contributed by atoms with E-state index in [4.69, 9.17) is 39.5 Å². The van der Waals surface area contributed by atoms with Gasteiger partial charge in [-0.2, -0.15) is 0 Å². The Balaban J connectivity index is 2.51. The molecular formula is C14H9BrCl3FO. The Labute approximate surface area is 139 Å². The fraction of sp³-hybridized carbons (Fsp3) is 0.143. The first-order valence-corrected chi connectivity index (χ1v) is 7.55. The predicted molar refractivity (Wildman–Crippen MR) is 84.8 cm³/mol. The molecule has 0 heterocycles. The summed E-state index contributed by atoms with van der Waals surface area (Å²) in [6, 6.07) is 8.05. The lowest BCUT2D eigenvalue weighted by Crippen LogP contribution is -1.99. The molecule has 2 rings (SSSR count). The normalized spacial score (nSPS) is 12.3. The second-order valence-electron chi connectivity index (χ2n) is 4.01. The van der Waals surface area contributed by atoms with Crippen molar-refractivity contribution in [3.05, 3.63) is 61.8 Å². The van der Waals surface area contributed by atoms with Crippen LogP contribution in [0.1, 0.15) is 16.5 Å². The summed E-state index contributed by atoms with van der Waals surface area (Å²) in [6.45, 7) is 0. The Morgan fingerprint density at radius 3 is 2.50 bits per heavy atom. The lowest BCUT2D eigenvalue weighted by Gasteiger charge is -2.15. The lowest BCUT2D eigenvalue weighted by atomic mass is 10.0. The maximum absolute atomic E-state index is 14.1. The van der Waals surface area contributed by atoms with Crippen LogP contribution in [0.2, 0.25) is 10.0 Å². The van der Waals surface area contributed by atoms with E-state index in [-0.39, 0.29) is 0 Å². The van der Waals surface area contributed by atoms with Gasteiger partial charge in [-0.3, -0.25) is 0 Å². The van der Waals surface area contributed by atoms with Crippen LogP contribution in [0.4, 0.5) is 4.39 Å². The van der Waals surface area contributed by atoms with Crippen LogP contribution in [0.5, 0.6) is 5.75 Å². The van der Waals surface area contributed by atoms with E-state index in [1.165, 1.54) is 7.11 Å². The molecule has 0 spiro atoms. The summed E-state index contributed by atoms with van der Waals surface area (Å²) < 4.78 is 19.5. The molecule has 0 aliphatic rings. The summed E-state index contributed by atoms with van der Waals surface area (Å²) in [6.07, 6.45) is 0. The SMILES string of the molecule is COc1cc(Cl)c(C(Cl)c2cccc(Br)c2F)cc1Cl. The fourth-order valence-electron chi connectivity index (χ4n) is 1.78. The highest BCUT2D eigenvalue weighted by molar-refractivity contribution is 9.10. The van der Waals surface area contributed by atoms with Crippen LogP contribution < -0.4 is 4.74 Å². The minimum atomic E-state index is -0.747. The molecule has 0 amide bonds. The van der Waals surface area contributed by atoms with Crippen molar-refractivity contribution in [3.8, 4) is 5.75 Å². The third-order valence-electron chi connectivity index (χ3n) is 2.80. The number of hydrogen-bond acceptors (Lipinski definition) is 1. The second-order valence-corrected chi connectivity index (χ2v) is 6.12. The first kappa shape index (κ1) is 15.9. The van der Waals surface area contributed by atoms with Crippen LogP contribution in [-0.4, -0.2) is 7.11 Å². The van der Waals surface area contributed by atoms with Gasteiger partial charge in [0.05, 0.1) is 22.0 Å². The highest BCUT2D eigenvalue weighted by atomic mass is 79.9. The average Bonchev–Trinajstić information content (AvgIpc) is 2.43. The third-order valence-corrected chi connectivity index (χ3v) is 4.50. The molecule has 106 valence electrons. The van der Waals surface area contributed by atoms with Gasteiger partial charge in [-0.1, -0.05) is 35.3 Å². The zero-order valence-corrected chi connectivity index (χ0v) is 14.1. The van der Waals surface area contributed by atoms with E-state index < -0.39 is 11.2 Å². The van der Waals surface area contributed by atoms with E-state index in [0.29, 0.717) is 31.4 Å². The molecule has 0 radical (unpaired) electrons. The molecule has 6 heteroatoms. The van der Waals surface area contributed by atoms with Crippen molar-refractivity contribution in [1.82, 2.24) is 0 Å². The van der Waals surface area contributed by atoms with Crippen LogP contribution >= 0.6 is 50.7 Å². The minimum Gasteiger partial charge on any atom is -0.495 e. The molecule has 1 unspecified atom stereocenters. The van der Waals surface area contributed by atoms with Gasteiger partial charge in [-0.15, -0.1) is 11.6 Å². The van der Waals surface area contributed by atoms with Crippen LogP contribution in [-0.2, 0) is 0 Å².